The lowest BCUT2D eigenvalue weighted by molar-refractivity contribution is 0.449. The third-order valence-electron chi connectivity index (χ3n) is 3.73. The molecule has 0 unspecified atom stereocenters. The third kappa shape index (κ3) is 3.07. The van der Waals surface area contributed by atoms with Gasteiger partial charge in [-0.1, -0.05) is 13.0 Å². The maximum absolute atomic E-state index is 9.58. The van der Waals surface area contributed by atoms with Crippen molar-refractivity contribution >= 4 is 10.9 Å². The van der Waals surface area contributed by atoms with Crippen LogP contribution in [0, 0.1) is 0 Å². The van der Waals surface area contributed by atoms with Crippen LogP contribution in [-0.4, -0.2) is 21.3 Å². The van der Waals surface area contributed by atoms with E-state index in [1.54, 1.807) is 12.1 Å². The molecule has 0 saturated heterocycles. The predicted octanol–water partition coefficient (Wildman–Crippen LogP) is 3.21. The van der Waals surface area contributed by atoms with Crippen LogP contribution in [0.5, 0.6) is 11.5 Å². The van der Waals surface area contributed by atoms with Gasteiger partial charge in [0.05, 0.1) is 0 Å². The van der Waals surface area contributed by atoms with Gasteiger partial charge >= 0.3 is 0 Å². The van der Waals surface area contributed by atoms with Gasteiger partial charge in [0.2, 0.25) is 0 Å². The van der Waals surface area contributed by atoms with Crippen LogP contribution in [0.1, 0.15) is 18.1 Å². The molecule has 114 valence electrons. The zero-order valence-corrected chi connectivity index (χ0v) is 12.6. The summed E-state index contributed by atoms with van der Waals surface area (Å²) in [5, 5.41) is 23.7. The summed E-state index contributed by atoms with van der Waals surface area (Å²) in [5.41, 5.74) is 3.27. The van der Waals surface area contributed by atoms with E-state index in [0.717, 1.165) is 24.2 Å². The van der Waals surface area contributed by atoms with Crippen molar-refractivity contribution in [3.8, 4) is 11.5 Å². The molecule has 0 aliphatic rings. The van der Waals surface area contributed by atoms with Gasteiger partial charge in [0.1, 0.15) is 11.5 Å². The molecule has 0 amide bonds. The van der Waals surface area contributed by atoms with E-state index >= 15 is 0 Å². The van der Waals surface area contributed by atoms with Crippen molar-refractivity contribution in [2.24, 2.45) is 0 Å². The zero-order chi connectivity index (χ0) is 15.5. The number of aromatic hydroxyl groups is 2. The number of benzene rings is 2. The lowest BCUT2D eigenvalue weighted by Gasteiger charge is -2.08. The molecule has 0 radical (unpaired) electrons. The smallest absolute Gasteiger partial charge is 0.119 e. The molecule has 3 rings (SSSR count). The second-order valence-corrected chi connectivity index (χ2v) is 5.47. The average Bonchev–Trinajstić information content (AvgIpc) is 2.86. The van der Waals surface area contributed by atoms with E-state index in [-0.39, 0.29) is 11.5 Å². The molecule has 4 nitrogen and oxygen atoms in total. The molecule has 22 heavy (non-hydrogen) atoms. The molecule has 1 heterocycles. The number of hydrogen-bond acceptors (Lipinski definition) is 3. The molecule has 0 bridgehead atoms. The molecule has 2 aromatic carbocycles. The highest BCUT2D eigenvalue weighted by molar-refractivity contribution is 5.81. The van der Waals surface area contributed by atoms with Crippen LogP contribution < -0.4 is 5.32 Å². The molecule has 0 spiro atoms. The molecule has 1 aromatic heterocycles. The minimum atomic E-state index is 0.0828. The summed E-state index contributed by atoms with van der Waals surface area (Å²) in [5.74, 6) is 0.166. The molecule has 0 atom stereocenters. The van der Waals surface area contributed by atoms with Crippen LogP contribution in [0.4, 0.5) is 0 Å². The van der Waals surface area contributed by atoms with Crippen LogP contribution in [0.15, 0.2) is 48.7 Å². The number of phenolic OH excluding ortho intramolecular Hbond substituents is 2. The Morgan fingerprint density at radius 1 is 0.955 bits per heavy atom. The number of rotatable bonds is 5. The first kappa shape index (κ1) is 14.5. The van der Waals surface area contributed by atoms with Crippen molar-refractivity contribution in [2.45, 2.75) is 20.0 Å². The highest BCUT2D eigenvalue weighted by Crippen LogP contribution is 2.23. The Balaban J connectivity index is 1.88. The van der Waals surface area contributed by atoms with E-state index in [9.17, 15) is 10.2 Å². The quantitative estimate of drug-likeness (QED) is 0.677. The summed E-state index contributed by atoms with van der Waals surface area (Å²) in [7, 11) is 0. The maximum atomic E-state index is 9.58. The highest BCUT2D eigenvalue weighted by atomic mass is 16.3. The molecule has 0 aliphatic carbocycles. The van der Waals surface area contributed by atoms with Crippen LogP contribution in [0.25, 0.3) is 10.9 Å². The average molecular weight is 296 g/mol. The summed E-state index contributed by atoms with van der Waals surface area (Å²) >= 11 is 0. The van der Waals surface area contributed by atoms with Crippen molar-refractivity contribution in [3.63, 3.8) is 0 Å². The first-order valence-corrected chi connectivity index (χ1v) is 7.46. The molecule has 4 heteroatoms. The van der Waals surface area contributed by atoms with E-state index in [2.05, 4.69) is 41.1 Å². The summed E-state index contributed by atoms with van der Waals surface area (Å²) < 4.78 is 2.11. The fourth-order valence-electron chi connectivity index (χ4n) is 2.71. The van der Waals surface area contributed by atoms with Gasteiger partial charge < -0.3 is 20.1 Å². The van der Waals surface area contributed by atoms with Gasteiger partial charge in [0.15, 0.2) is 0 Å². The first-order valence-electron chi connectivity index (χ1n) is 7.46. The van der Waals surface area contributed by atoms with Crippen LogP contribution >= 0.6 is 0 Å². The van der Waals surface area contributed by atoms with Gasteiger partial charge in [-0.15, -0.1) is 0 Å². The number of fused-ring (bicyclic) bond motifs is 1. The molecule has 0 fully saturated rings. The predicted molar refractivity (Wildman–Crippen MR) is 88.2 cm³/mol. The van der Waals surface area contributed by atoms with Gasteiger partial charge in [-0.2, -0.15) is 0 Å². The van der Waals surface area contributed by atoms with E-state index in [1.165, 1.54) is 17.0 Å². The topological polar surface area (TPSA) is 57.4 Å². The van der Waals surface area contributed by atoms with Gasteiger partial charge in [0, 0.05) is 30.9 Å². The Kier molecular flexibility index (Phi) is 4.02. The fraction of sp³-hybridized carbons (Fsp3) is 0.222. The van der Waals surface area contributed by atoms with Crippen molar-refractivity contribution in [1.29, 1.82) is 0 Å². The maximum Gasteiger partial charge on any atom is 0.119 e. The molecule has 3 aromatic rings. The summed E-state index contributed by atoms with van der Waals surface area (Å²) in [6.45, 7) is 4.54. The Hall–Kier alpha value is -2.46. The van der Waals surface area contributed by atoms with Crippen molar-refractivity contribution in [2.75, 3.05) is 6.54 Å². The van der Waals surface area contributed by atoms with Gasteiger partial charge in [-0.25, -0.2) is 0 Å². The summed E-state index contributed by atoms with van der Waals surface area (Å²) in [6, 6.07) is 13.2. The highest BCUT2D eigenvalue weighted by Gasteiger charge is 2.05. The van der Waals surface area contributed by atoms with Crippen molar-refractivity contribution < 1.29 is 10.2 Å². The van der Waals surface area contributed by atoms with E-state index in [0.29, 0.717) is 6.54 Å². The van der Waals surface area contributed by atoms with E-state index in [1.807, 2.05) is 6.20 Å². The molecule has 3 N–H and O–H groups in total. The summed E-state index contributed by atoms with van der Waals surface area (Å²) in [6.07, 6.45) is 2.03. The third-order valence-corrected chi connectivity index (χ3v) is 3.73. The van der Waals surface area contributed by atoms with Gasteiger partial charge in [-0.05, 0) is 53.4 Å². The second kappa shape index (κ2) is 6.12. The second-order valence-electron chi connectivity index (χ2n) is 5.47. The zero-order valence-electron chi connectivity index (χ0n) is 12.6. The van der Waals surface area contributed by atoms with Gasteiger partial charge in [-0.3, -0.25) is 0 Å². The van der Waals surface area contributed by atoms with Crippen LogP contribution in [-0.2, 0) is 13.1 Å². The molecular formula is C18H20N2O2. The Labute approximate surface area is 129 Å². The van der Waals surface area contributed by atoms with Crippen molar-refractivity contribution in [1.82, 2.24) is 9.88 Å². The molecule has 0 aliphatic heterocycles. The Bertz CT molecular complexity index is 773. The number of aromatic nitrogens is 1. The monoisotopic (exact) mass is 296 g/mol. The molecular weight excluding hydrogens is 276 g/mol. The Morgan fingerprint density at radius 2 is 1.73 bits per heavy atom. The number of nitrogens with one attached hydrogen (secondary N) is 1. The SMILES string of the molecule is CCNCc1ccc2c(ccn2Cc2cc(O)cc(O)c2)c1. The fourth-order valence-corrected chi connectivity index (χ4v) is 2.71. The lowest BCUT2D eigenvalue weighted by atomic mass is 10.1. The standard InChI is InChI=1S/C18H20N2O2/c1-2-19-11-13-3-4-18-15(7-13)5-6-20(18)12-14-8-16(21)10-17(22)9-14/h3-10,19,21-22H,2,11-12H2,1H3. The van der Waals surface area contributed by atoms with E-state index < -0.39 is 0 Å². The molecule has 0 saturated carbocycles. The summed E-state index contributed by atoms with van der Waals surface area (Å²) in [4.78, 5) is 0. The van der Waals surface area contributed by atoms with Crippen LogP contribution in [0.2, 0.25) is 0 Å². The Morgan fingerprint density at radius 3 is 2.45 bits per heavy atom. The van der Waals surface area contributed by atoms with Gasteiger partial charge in [0.25, 0.3) is 0 Å². The largest absolute Gasteiger partial charge is 0.508 e. The number of hydrogen-bond donors (Lipinski definition) is 3. The lowest BCUT2D eigenvalue weighted by Crippen LogP contribution is -2.11. The number of nitrogens with zero attached hydrogens (tertiary/aromatic N) is 1. The minimum Gasteiger partial charge on any atom is -0.508 e. The minimum absolute atomic E-state index is 0.0828. The number of phenols is 2. The normalized spacial score (nSPS) is 11.1. The van der Waals surface area contributed by atoms with Crippen molar-refractivity contribution in [3.05, 3.63) is 59.8 Å². The van der Waals surface area contributed by atoms with E-state index in [4.69, 9.17) is 0 Å². The van der Waals surface area contributed by atoms with Crippen LogP contribution in [0.3, 0.4) is 0 Å². The first-order chi connectivity index (χ1) is 10.7.